The lowest BCUT2D eigenvalue weighted by Crippen LogP contribution is -2.04. The van der Waals surface area contributed by atoms with E-state index in [1.807, 2.05) is 0 Å². The SMILES string of the molecule is Cc1ccc(C)c(-c2nnc(CS(C)(=O)=O)o2)c1C(=O)O. The highest BCUT2D eigenvalue weighted by atomic mass is 32.2. The Morgan fingerprint density at radius 2 is 1.86 bits per heavy atom. The Morgan fingerprint density at radius 3 is 2.43 bits per heavy atom. The average Bonchev–Trinajstić information content (AvgIpc) is 2.76. The lowest BCUT2D eigenvalue weighted by molar-refractivity contribution is 0.0696. The zero-order chi connectivity index (χ0) is 15.8. The number of sulfone groups is 1. The van der Waals surface area contributed by atoms with Gasteiger partial charge in [0, 0.05) is 6.26 Å². The zero-order valence-electron chi connectivity index (χ0n) is 11.7. The lowest BCUT2D eigenvalue weighted by Gasteiger charge is -2.08. The van der Waals surface area contributed by atoms with Gasteiger partial charge in [-0.2, -0.15) is 0 Å². The number of carboxylic acids is 1. The minimum Gasteiger partial charge on any atom is -0.478 e. The van der Waals surface area contributed by atoms with Crippen molar-refractivity contribution >= 4 is 15.8 Å². The molecule has 1 N–H and O–H groups in total. The first kappa shape index (κ1) is 15.2. The molecule has 0 aliphatic carbocycles. The smallest absolute Gasteiger partial charge is 0.336 e. The molecule has 1 aromatic carbocycles. The van der Waals surface area contributed by atoms with Crippen LogP contribution < -0.4 is 0 Å². The number of nitrogens with zero attached hydrogens (tertiary/aromatic N) is 2. The summed E-state index contributed by atoms with van der Waals surface area (Å²) in [4.78, 5) is 11.4. The molecule has 1 heterocycles. The minimum atomic E-state index is -3.30. The van der Waals surface area contributed by atoms with E-state index >= 15 is 0 Å². The van der Waals surface area contributed by atoms with Crippen LogP contribution in [0.4, 0.5) is 0 Å². The first-order valence-corrected chi connectivity index (χ1v) is 8.09. The van der Waals surface area contributed by atoms with Gasteiger partial charge in [0.1, 0.15) is 5.75 Å². The van der Waals surface area contributed by atoms with Crippen LogP contribution >= 0.6 is 0 Å². The summed E-state index contributed by atoms with van der Waals surface area (Å²) in [6.07, 6.45) is 1.05. The molecule has 0 atom stereocenters. The lowest BCUT2D eigenvalue weighted by atomic mass is 9.97. The quantitative estimate of drug-likeness (QED) is 0.913. The molecule has 0 radical (unpaired) electrons. The van der Waals surface area contributed by atoms with Crippen LogP contribution in [0, 0.1) is 13.8 Å². The predicted molar refractivity (Wildman–Crippen MR) is 74.7 cm³/mol. The summed E-state index contributed by atoms with van der Waals surface area (Å²) in [6.45, 7) is 3.39. The number of carbonyl (C=O) groups is 1. The third-order valence-electron chi connectivity index (χ3n) is 2.90. The molecular formula is C13H14N2O5S. The van der Waals surface area contributed by atoms with Gasteiger partial charge in [-0.05, 0) is 25.0 Å². The molecule has 0 amide bonds. The minimum absolute atomic E-state index is 0.00671. The number of aryl methyl sites for hydroxylation is 2. The number of aromatic nitrogens is 2. The molecule has 21 heavy (non-hydrogen) atoms. The van der Waals surface area contributed by atoms with E-state index in [4.69, 9.17) is 4.42 Å². The van der Waals surface area contributed by atoms with Gasteiger partial charge in [0.15, 0.2) is 9.84 Å². The monoisotopic (exact) mass is 310 g/mol. The van der Waals surface area contributed by atoms with Gasteiger partial charge < -0.3 is 9.52 Å². The summed E-state index contributed by atoms with van der Waals surface area (Å²) in [5.74, 6) is -1.54. The predicted octanol–water partition coefficient (Wildman–Crippen LogP) is 1.60. The van der Waals surface area contributed by atoms with Crippen LogP contribution in [0.1, 0.15) is 27.4 Å². The normalized spacial score (nSPS) is 11.6. The fourth-order valence-corrected chi connectivity index (χ4v) is 2.56. The highest BCUT2D eigenvalue weighted by Gasteiger charge is 2.22. The number of hydrogen-bond acceptors (Lipinski definition) is 6. The van der Waals surface area contributed by atoms with E-state index in [-0.39, 0.29) is 23.1 Å². The molecule has 0 aliphatic rings. The van der Waals surface area contributed by atoms with Gasteiger partial charge in [0.25, 0.3) is 0 Å². The van der Waals surface area contributed by atoms with Crippen molar-refractivity contribution in [3.05, 3.63) is 34.7 Å². The molecule has 0 aliphatic heterocycles. The molecule has 0 saturated carbocycles. The molecule has 7 nitrogen and oxygen atoms in total. The first-order valence-electron chi connectivity index (χ1n) is 6.03. The van der Waals surface area contributed by atoms with E-state index in [2.05, 4.69) is 10.2 Å². The Bertz CT molecular complexity index is 808. The van der Waals surface area contributed by atoms with E-state index in [0.717, 1.165) is 6.26 Å². The van der Waals surface area contributed by atoms with Crippen molar-refractivity contribution in [2.75, 3.05) is 6.26 Å². The molecule has 1 aromatic heterocycles. The van der Waals surface area contributed by atoms with Crippen molar-refractivity contribution in [1.82, 2.24) is 10.2 Å². The highest BCUT2D eigenvalue weighted by Crippen LogP contribution is 2.29. The molecule has 0 spiro atoms. The molecule has 0 fully saturated rings. The number of rotatable bonds is 4. The molecule has 0 unspecified atom stereocenters. The molecule has 2 aromatic rings. The second-order valence-corrected chi connectivity index (χ2v) is 6.97. The van der Waals surface area contributed by atoms with Crippen LogP contribution in [0.15, 0.2) is 16.5 Å². The summed E-state index contributed by atoms with van der Waals surface area (Å²) in [5.41, 5.74) is 1.61. The maximum atomic E-state index is 11.4. The summed E-state index contributed by atoms with van der Waals surface area (Å²) < 4.78 is 27.7. The topological polar surface area (TPSA) is 110 Å². The van der Waals surface area contributed by atoms with Crippen LogP contribution in [0.5, 0.6) is 0 Å². The van der Waals surface area contributed by atoms with E-state index in [1.165, 1.54) is 0 Å². The molecule has 112 valence electrons. The van der Waals surface area contributed by atoms with Gasteiger partial charge in [-0.3, -0.25) is 0 Å². The van der Waals surface area contributed by atoms with E-state index in [9.17, 15) is 18.3 Å². The van der Waals surface area contributed by atoms with Crippen LogP contribution in [0.2, 0.25) is 0 Å². The highest BCUT2D eigenvalue weighted by molar-refractivity contribution is 7.89. The van der Waals surface area contributed by atoms with Crippen molar-refractivity contribution in [3.8, 4) is 11.5 Å². The van der Waals surface area contributed by atoms with Crippen molar-refractivity contribution < 1.29 is 22.7 Å². The first-order chi connectivity index (χ1) is 9.69. The number of aromatic carboxylic acids is 1. The van der Waals surface area contributed by atoms with Gasteiger partial charge in [0.2, 0.25) is 11.8 Å². The Hall–Kier alpha value is -2.22. The van der Waals surface area contributed by atoms with Crippen molar-refractivity contribution in [1.29, 1.82) is 0 Å². The van der Waals surface area contributed by atoms with Crippen molar-refractivity contribution in [2.24, 2.45) is 0 Å². The molecule has 2 rings (SSSR count). The van der Waals surface area contributed by atoms with Crippen molar-refractivity contribution in [3.63, 3.8) is 0 Å². The van der Waals surface area contributed by atoms with Gasteiger partial charge in [-0.15, -0.1) is 10.2 Å². The van der Waals surface area contributed by atoms with Gasteiger partial charge in [0.05, 0.1) is 11.1 Å². The summed E-state index contributed by atoms with van der Waals surface area (Å²) in [6, 6.07) is 3.44. The maximum Gasteiger partial charge on any atom is 0.336 e. The second kappa shape index (κ2) is 5.28. The van der Waals surface area contributed by atoms with Gasteiger partial charge in [-0.1, -0.05) is 12.1 Å². The van der Waals surface area contributed by atoms with Crippen molar-refractivity contribution in [2.45, 2.75) is 19.6 Å². The zero-order valence-corrected chi connectivity index (χ0v) is 12.6. The average molecular weight is 310 g/mol. The van der Waals surface area contributed by atoms with Crippen LogP contribution in [0.3, 0.4) is 0 Å². The number of hydrogen-bond donors (Lipinski definition) is 1. The Labute approximate surface area is 121 Å². The Morgan fingerprint density at radius 1 is 1.24 bits per heavy atom. The summed E-state index contributed by atoms with van der Waals surface area (Å²) in [5, 5.41) is 16.8. The molecule has 0 saturated heterocycles. The van der Waals surface area contributed by atoms with E-state index in [0.29, 0.717) is 16.7 Å². The second-order valence-electron chi connectivity index (χ2n) is 4.83. The maximum absolute atomic E-state index is 11.4. The fourth-order valence-electron chi connectivity index (χ4n) is 2.00. The number of carboxylic acid groups (broad SMARTS) is 1. The Balaban J connectivity index is 2.57. The van der Waals surface area contributed by atoms with Gasteiger partial charge in [-0.25, -0.2) is 13.2 Å². The summed E-state index contributed by atoms with van der Waals surface area (Å²) >= 11 is 0. The third kappa shape index (κ3) is 3.27. The van der Waals surface area contributed by atoms with Crippen LogP contribution in [-0.2, 0) is 15.6 Å². The third-order valence-corrected chi connectivity index (χ3v) is 3.67. The van der Waals surface area contributed by atoms with Gasteiger partial charge >= 0.3 is 5.97 Å². The van der Waals surface area contributed by atoms with Crippen LogP contribution in [0.25, 0.3) is 11.5 Å². The largest absolute Gasteiger partial charge is 0.478 e. The molecular weight excluding hydrogens is 296 g/mol. The fraction of sp³-hybridized carbons (Fsp3) is 0.308. The van der Waals surface area contributed by atoms with Crippen LogP contribution in [-0.4, -0.2) is 35.9 Å². The molecule has 0 bridgehead atoms. The van der Waals surface area contributed by atoms with E-state index < -0.39 is 15.8 Å². The Kier molecular flexibility index (Phi) is 3.82. The standard InChI is InChI=1S/C13H14N2O5S/c1-7-4-5-8(2)11(13(16)17)10(7)12-15-14-9(20-12)6-21(3,18)19/h4-5H,6H2,1-3H3,(H,16,17). The van der Waals surface area contributed by atoms with E-state index in [1.54, 1.807) is 26.0 Å². The molecule has 8 heteroatoms. The number of benzene rings is 1. The summed E-state index contributed by atoms with van der Waals surface area (Å²) in [7, 11) is -3.30.